The molecule has 1 nitrogen and oxygen atoms in total. The monoisotopic (exact) mass is 227 g/mol. The lowest BCUT2D eigenvalue weighted by Gasteiger charge is -2.27. The number of hydrogen-bond acceptors (Lipinski definition) is 1. The van der Waals surface area contributed by atoms with Crippen LogP contribution in [0.2, 0.25) is 0 Å². The summed E-state index contributed by atoms with van der Waals surface area (Å²) in [5, 5.41) is 0. The van der Waals surface area contributed by atoms with Crippen molar-refractivity contribution in [1.29, 1.82) is 0 Å². The molecule has 0 heterocycles. The van der Waals surface area contributed by atoms with Crippen molar-refractivity contribution in [3.63, 3.8) is 0 Å². The van der Waals surface area contributed by atoms with Gasteiger partial charge in [-0.05, 0) is 30.2 Å². The summed E-state index contributed by atoms with van der Waals surface area (Å²) < 4.78 is 0. The standard InChI is InChI=1S/C16H21N/c1-5-7-9-13(6-2)16(3,4)14-10-8-11-15(17)12-14/h5-12H,2,17H2,1,3-4H3/b7-5-,13-9+. The molecule has 0 unspecified atom stereocenters. The van der Waals surface area contributed by atoms with Crippen LogP contribution in [0, 0.1) is 0 Å². The topological polar surface area (TPSA) is 26.0 Å². The molecule has 0 spiro atoms. The Bertz CT molecular complexity index is 450. The van der Waals surface area contributed by atoms with Crippen LogP contribution >= 0.6 is 0 Å². The number of rotatable bonds is 4. The second-order valence-corrected chi connectivity index (χ2v) is 4.60. The normalized spacial score (nSPS) is 13.0. The van der Waals surface area contributed by atoms with Gasteiger partial charge in [0.05, 0.1) is 0 Å². The lowest BCUT2D eigenvalue weighted by molar-refractivity contribution is 0.640. The molecule has 0 saturated carbocycles. The molecule has 0 amide bonds. The Kier molecular flexibility index (Phi) is 4.33. The Morgan fingerprint density at radius 2 is 2.06 bits per heavy atom. The van der Waals surface area contributed by atoms with Crippen molar-refractivity contribution in [3.8, 4) is 0 Å². The van der Waals surface area contributed by atoms with Gasteiger partial charge in [0.25, 0.3) is 0 Å². The highest BCUT2D eigenvalue weighted by Crippen LogP contribution is 2.32. The maximum Gasteiger partial charge on any atom is 0.0317 e. The van der Waals surface area contributed by atoms with Crippen molar-refractivity contribution < 1.29 is 0 Å². The summed E-state index contributed by atoms with van der Waals surface area (Å²) in [6, 6.07) is 8.02. The number of anilines is 1. The van der Waals surface area contributed by atoms with E-state index in [1.807, 2.05) is 43.4 Å². The molecule has 0 aliphatic carbocycles. The molecule has 0 bridgehead atoms. The van der Waals surface area contributed by atoms with Gasteiger partial charge in [-0.1, -0.05) is 56.9 Å². The van der Waals surface area contributed by atoms with Crippen molar-refractivity contribution >= 4 is 5.69 Å². The van der Waals surface area contributed by atoms with Gasteiger partial charge in [0.2, 0.25) is 0 Å². The SMILES string of the molecule is C=C/C(=C\C=C/C)C(C)(C)c1cccc(N)c1. The first-order valence-electron chi connectivity index (χ1n) is 5.84. The van der Waals surface area contributed by atoms with Crippen LogP contribution in [-0.2, 0) is 5.41 Å². The molecule has 0 saturated heterocycles. The molecule has 1 aromatic rings. The molecule has 0 aliphatic rings. The maximum absolute atomic E-state index is 5.84. The third-order valence-electron chi connectivity index (χ3n) is 3.02. The van der Waals surface area contributed by atoms with E-state index in [0.717, 1.165) is 5.69 Å². The molecule has 2 N–H and O–H groups in total. The summed E-state index contributed by atoms with van der Waals surface area (Å²) in [5.41, 5.74) is 8.93. The number of hydrogen-bond donors (Lipinski definition) is 1. The summed E-state index contributed by atoms with van der Waals surface area (Å²) in [6.45, 7) is 10.3. The predicted molar refractivity (Wildman–Crippen MR) is 77.0 cm³/mol. The number of nitrogen functional groups attached to an aromatic ring is 1. The smallest absolute Gasteiger partial charge is 0.0317 e. The fourth-order valence-electron chi connectivity index (χ4n) is 1.83. The van der Waals surface area contributed by atoms with Crippen molar-refractivity contribution in [2.75, 3.05) is 5.73 Å². The second kappa shape index (κ2) is 5.53. The van der Waals surface area contributed by atoms with Crippen LogP contribution in [0.1, 0.15) is 26.3 Å². The molecule has 0 radical (unpaired) electrons. The molecule has 0 atom stereocenters. The molecule has 17 heavy (non-hydrogen) atoms. The van der Waals surface area contributed by atoms with Crippen molar-refractivity contribution in [3.05, 3.63) is 66.3 Å². The summed E-state index contributed by atoms with van der Waals surface area (Å²) in [7, 11) is 0. The van der Waals surface area contributed by atoms with Crippen molar-refractivity contribution in [2.45, 2.75) is 26.2 Å². The molecule has 1 rings (SSSR count). The predicted octanol–water partition coefficient (Wildman–Crippen LogP) is 4.23. The van der Waals surface area contributed by atoms with Crippen LogP contribution in [0.4, 0.5) is 5.69 Å². The Morgan fingerprint density at radius 1 is 1.35 bits per heavy atom. The highest BCUT2D eigenvalue weighted by atomic mass is 14.5. The van der Waals surface area contributed by atoms with Gasteiger partial charge in [-0.25, -0.2) is 0 Å². The molecular formula is C16H21N. The average Bonchev–Trinajstić information content (AvgIpc) is 2.30. The van der Waals surface area contributed by atoms with E-state index in [2.05, 4.69) is 32.6 Å². The molecule has 1 heteroatoms. The largest absolute Gasteiger partial charge is 0.399 e. The quantitative estimate of drug-likeness (QED) is 0.604. The minimum atomic E-state index is -0.0867. The lowest BCUT2D eigenvalue weighted by atomic mass is 9.77. The highest BCUT2D eigenvalue weighted by Gasteiger charge is 2.23. The zero-order chi connectivity index (χ0) is 12.9. The van der Waals surface area contributed by atoms with Crippen LogP contribution in [0.3, 0.4) is 0 Å². The highest BCUT2D eigenvalue weighted by molar-refractivity contribution is 5.48. The molecular weight excluding hydrogens is 206 g/mol. The van der Waals surface area contributed by atoms with E-state index in [9.17, 15) is 0 Å². The Morgan fingerprint density at radius 3 is 2.59 bits per heavy atom. The van der Waals surface area contributed by atoms with Crippen LogP contribution in [0.5, 0.6) is 0 Å². The van der Waals surface area contributed by atoms with Crippen LogP contribution < -0.4 is 5.73 Å². The second-order valence-electron chi connectivity index (χ2n) is 4.60. The number of allylic oxidation sites excluding steroid dienone is 5. The molecule has 0 aromatic heterocycles. The van der Waals surface area contributed by atoms with Crippen molar-refractivity contribution in [1.82, 2.24) is 0 Å². The fourth-order valence-corrected chi connectivity index (χ4v) is 1.83. The van der Waals surface area contributed by atoms with E-state index in [0.29, 0.717) is 0 Å². The first-order chi connectivity index (χ1) is 8.02. The van der Waals surface area contributed by atoms with Gasteiger partial charge in [-0.2, -0.15) is 0 Å². The third kappa shape index (κ3) is 3.10. The first kappa shape index (κ1) is 13.3. The van der Waals surface area contributed by atoms with Gasteiger partial charge in [0.15, 0.2) is 0 Å². The Hall–Kier alpha value is -1.76. The van der Waals surface area contributed by atoms with Gasteiger partial charge in [0.1, 0.15) is 0 Å². The van der Waals surface area contributed by atoms with E-state index >= 15 is 0 Å². The minimum Gasteiger partial charge on any atom is -0.399 e. The summed E-state index contributed by atoms with van der Waals surface area (Å²) in [6.07, 6.45) is 8.05. The summed E-state index contributed by atoms with van der Waals surface area (Å²) in [5.74, 6) is 0. The zero-order valence-corrected chi connectivity index (χ0v) is 10.9. The van der Waals surface area contributed by atoms with Crippen LogP contribution in [0.25, 0.3) is 0 Å². The van der Waals surface area contributed by atoms with E-state index < -0.39 is 0 Å². The van der Waals surface area contributed by atoms with Crippen LogP contribution in [0.15, 0.2) is 60.7 Å². The maximum atomic E-state index is 5.84. The summed E-state index contributed by atoms with van der Waals surface area (Å²) in [4.78, 5) is 0. The van der Waals surface area contributed by atoms with Gasteiger partial charge in [-0.15, -0.1) is 0 Å². The molecule has 90 valence electrons. The van der Waals surface area contributed by atoms with E-state index in [-0.39, 0.29) is 5.41 Å². The van der Waals surface area contributed by atoms with E-state index in [4.69, 9.17) is 5.73 Å². The molecule has 0 fully saturated rings. The lowest BCUT2D eigenvalue weighted by Crippen LogP contribution is -2.19. The average molecular weight is 227 g/mol. The van der Waals surface area contributed by atoms with E-state index in [1.165, 1.54) is 11.1 Å². The third-order valence-corrected chi connectivity index (χ3v) is 3.02. The van der Waals surface area contributed by atoms with Crippen LogP contribution in [-0.4, -0.2) is 0 Å². The van der Waals surface area contributed by atoms with Gasteiger partial charge >= 0.3 is 0 Å². The van der Waals surface area contributed by atoms with Gasteiger partial charge in [0, 0.05) is 11.1 Å². The van der Waals surface area contributed by atoms with Gasteiger partial charge in [-0.3, -0.25) is 0 Å². The Labute approximate surface area is 104 Å². The van der Waals surface area contributed by atoms with Gasteiger partial charge < -0.3 is 5.73 Å². The number of benzene rings is 1. The minimum absolute atomic E-state index is 0.0867. The fraction of sp³-hybridized carbons (Fsp3) is 0.250. The first-order valence-corrected chi connectivity index (χ1v) is 5.84. The molecule has 1 aromatic carbocycles. The molecule has 0 aliphatic heterocycles. The number of nitrogens with two attached hydrogens (primary N) is 1. The Balaban J connectivity index is 3.21. The van der Waals surface area contributed by atoms with Crippen molar-refractivity contribution in [2.24, 2.45) is 0 Å². The zero-order valence-electron chi connectivity index (χ0n) is 10.9. The van der Waals surface area contributed by atoms with E-state index in [1.54, 1.807) is 0 Å². The summed E-state index contributed by atoms with van der Waals surface area (Å²) >= 11 is 0.